The van der Waals surface area contributed by atoms with Crippen LogP contribution in [0.5, 0.6) is 0 Å². The van der Waals surface area contributed by atoms with Crippen molar-refractivity contribution < 1.29 is 9.53 Å². The van der Waals surface area contributed by atoms with E-state index in [0.29, 0.717) is 5.56 Å². The summed E-state index contributed by atoms with van der Waals surface area (Å²) in [6.45, 7) is 1.95. The first-order valence-corrected chi connectivity index (χ1v) is 5.49. The Bertz CT molecular complexity index is 561. The second kappa shape index (κ2) is 4.55. The second-order valence-electron chi connectivity index (χ2n) is 4.10. The summed E-state index contributed by atoms with van der Waals surface area (Å²) in [7, 11) is 1.38. The van der Waals surface area contributed by atoms with Gasteiger partial charge in [0.1, 0.15) is 0 Å². The average Bonchev–Trinajstić information content (AvgIpc) is 2.36. The number of nitrogens with two attached hydrogens (primary N) is 1. The van der Waals surface area contributed by atoms with Gasteiger partial charge in [0.05, 0.1) is 12.7 Å². The Hall–Kier alpha value is -1.87. The predicted octanol–water partition coefficient (Wildman–Crippen LogP) is 2.65. The number of benzene rings is 2. The van der Waals surface area contributed by atoms with Gasteiger partial charge in [-0.3, -0.25) is 0 Å². The molecule has 0 amide bonds. The largest absolute Gasteiger partial charge is 0.465 e. The standard InChI is InChI=1S/C14H15NO2/c1-9(15)10-3-4-12-8-13(14(16)17-2)6-5-11(12)7-10/h3-9H,15H2,1-2H3/t9-/m0/s1. The topological polar surface area (TPSA) is 52.3 Å². The van der Waals surface area contributed by atoms with E-state index in [9.17, 15) is 4.79 Å². The molecule has 0 fully saturated rings. The van der Waals surface area contributed by atoms with E-state index >= 15 is 0 Å². The van der Waals surface area contributed by atoms with Gasteiger partial charge in [0, 0.05) is 6.04 Å². The molecule has 0 heterocycles. The third-order valence-corrected chi connectivity index (χ3v) is 2.81. The number of hydrogen-bond donors (Lipinski definition) is 1. The van der Waals surface area contributed by atoms with Crippen LogP contribution in [-0.4, -0.2) is 13.1 Å². The quantitative estimate of drug-likeness (QED) is 0.805. The van der Waals surface area contributed by atoms with Gasteiger partial charge in [0.15, 0.2) is 0 Å². The highest BCUT2D eigenvalue weighted by Crippen LogP contribution is 2.21. The number of esters is 1. The van der Waals surface area contributed by atoms with Crippen LogP contribution >= 0.6 is 0 Å². The highest BCUT2D eigenvalue weighted by atomic mass is 16.5. The maximum atomic E-state index is 11.4. The predicted molar refractivity (Wildman–Crippen MR) is 67.9 cm³/mol. The SMILES string of the molecule is COC(=O)c1ccc2cc([C@H](C)N)ccc2c1. The van der Waals surface area contributed by atoms with Gasteiger partial charge in [-0.15, -0.1) is 0 Å². The molecule has 88 valence electrons. The first kappa shape index (κ1) is 11.6. The van der Waals surface area contributed by atoms with Gasteiger partial charge in [0.25, 0.3) is 0 Å². The van der Waals surface area contributed by atoms with Crippen molar-refractivity contribution in [1.29, 1.82) is 0 Å². The molecular formula is C14H15NO2. The van der Waals surface area contributed by atoms with Gasteiger partial charge < -0.3 is 10.5 Å². The summed E-state index contributed by atoms with van der Waals surface area (Å²) in [6.07, 6.45) is 0. The molecule has 0 spiro atoms. The maximum absolute atomic E-state index is 11.4. The Balaban J connectivity index is 2.50. The number of methoxy groups -OCH3 is 1. The van der Waals surface area contributed by atoms with E-state index in [1.807, 2.05) is 37.3 Å². The summed E-state index contributed by atoms with van der Waals surface area (Å²) >= 11 is 0. The van der Waals surface area contributed by atoms with Crippen LogP contribution in [0.2, 0.25) is 0 Å². The van der Waals surface area contributed by atoms with E-state index < -0.39 is 0 Å². The van der Waals surface area contributed by atoms with Crippen molar-refractivity contribution in [3.05, 3.63) is 47.5 Å². The lowest BCUT2D eigenvalue weighted by Crippen LogP contribution is -2.04. The highest BCUT2D eigenvalue weighted by molar-refractivity contribution is 5.95. The van der Waals surface area contributed by atoms with Crippen LogP contribution in [-0.2, 0) is 4.74 Å². The summed E-state index contributed by atoms with van der Waals surface area (Å²) in [4.78, 5) is 11.4. The van der Waals surface area contributed by atoms with Crippen LogP contribution in [0.25, 0.3) is 10.8 Å². The molecule has 2 aromatic carbocycles. The molecule has 3 nitrogen and oxygen atoms in total. The van der Waals surface area contributed by atoms with E-state index in [-0.39, 0.29) is 12.0 Å². The molecule has 0 saturated heterocycles. The van der Waals surface area contributed by atoms with Crippen LogP contribution in [0.1, 0.15) is 28.9 Å². The number of rotatable bonds is 2. The Morgan fingerprint density at radius 3 is 2.47 bits per heavy atom. The lowest BCUT2D eigenvalue weighted by atomic mass is 10.0. The van der Waals surface area contributed by atoms with E-state index in [4.69, 9.17) is 5.73 Å². The third kappa shape index (κ3) is 2.29. The Labute approximate surface area is 100 Å². The molecule has 0 bridgehead atoms. The second-order valence-corrected chi connectivity index (χ2v) is 4.10. The fourth-order valence-electron chi connectivity index (χ4n) is 1.79. The van der Waals surface area contributed by atoms with E-state index in [2.05, 4.69) is 4.74 Å². The zero-order chi connectivity index (χ0) is 12.4. The van der Waals surface area contributed by atoms with Crippen LogP contribution in [0.15, 0.2) is 36.4 Å². The fourth-order valence-corrected chi connectivity index (χ4v) is 1.79. The van der Waals surface area contributed by atoms with Crippen LogP contribution in [0.4, 0.5) is 0 Å². The number of carbonyl (C=O) groups is 1. The van der Waals surface area contributed by atoms with E-state index in [1.165, 1.54) is 7.11 Å². The van der Waals surface area contributed by atoms with E-state index in [0.717, 1.165) is 16.3 Å². The van der Waals surface area contributed by atoms with Crippen molar-refractivity contribution in [2.45, 2.75) is 13.0 Å². The van der Waals surface area contributed by atoms with Crippen molar-refractivity contribution in [2.75, 3.05) is 7.11 Å². The van der Waals surface area contributed by atoms with Crippen molar-refractivity contribution in [3.8, 4) is 0 Å². The van der Waals surface area contributed by atoms with Crippen molar-refractivity contribution in [1.82, 2.24) is 0 Å². The minimum Gasteiger partial charge on any atom is -0.465 e. The van der Waals surface area contributed by atoms with Crippen molar-refractivity contribution in [3.63, 3.8) is 0 Å². The summed E-state index contributed by atoms with van der Waals surface area (Å²) in [5.74, 6) is -0.317. The zero-order valence-corrected chi connectivity index (χ0v) is 9.94. The molecule has 2 N–H and O–H groups in total. The van der Waals surface area contributed by atoms with Crippen molar-refractivity contribution in [2.24, 2.45) is 5.73 Å². The molecule has 0 saturated carbocycles. The van der Waals surface area contributed by atoms with Gasteiger partial charge in [-0.25, -0.2) is 4.79 Å². The normalized spacial score (nSPS) is 12.4. The molecule has 17 heavy (non-hydrogen) atoms. The minimum absolute atomic E-state index is 0.0136. The minimum atomic E-state index is -0.317. The summed E-state index contributed by atoms with van der Waals surface area (Å²) < 4.78 is 4.69. The van der Waals surface area contributed by atoms with E-state index in [1.54, 1.807) is 6.07 Å². The smallest absolute Gasteiger partial charge is 0.337 e. The molecule has 0 radical (unpaired) electrons. The van der Waals surface area contributed by atoms with Gasteiger partial charge in [0.2, 0.25) is 0 Å². The molecule has 3 heteroatoms. The number of hydrogen-bond acceptors (Lipinski definition) is 3. The zero-order valence-electron chi connectivity index (χ0n) is 9.94. The maximum Gasteiger partial charge on any atom is 0.337 e. The van der Waals surface area contributed by atoms with Gasteiger partial charge in [-0.2, -0.15) is 0 Å². The van der Waals surface area contributed by atoms with Gasteiger partial charge >= 0.3 is 5.97 Å². The highest BCUT2D eigenvalue weighted by Gasteiger charge is 2.06. The Morgan fingerprint density at radius 2 is 1.82 bits per heavy atom. The van der Waals surface area contributed by atoms with Crippen molar-refractivity contribution >= 4 is 16.7 Å². The monoisotopic (exact) mass is 229 g/mol. The number of ether oxygens (including phenoxy) is 1. The first-order chi connectivity index (χ1) is 8.11. The summed E-state index contributed by atoms with van der Waals surface area (Å²) in [6, 6.07) is 11.5. The Morgan fingerprint density at radius 1 is 1.18 bits per heavy atom. The first-order valence-electron chi connectivity index (χ1n) is 5.49. The third-order valence-electron chi connectivity index (χ3n) is 2.81. The molecule has 2 rings (SSSR count). The van der Waals surface area contributed by atoms with Crippen LogP contribution < -0.4 is 5.73 Å². The molecule has 0 unspecified atom stereocenters. The number of carbonyl (C=O) groups excluding carboxylic acids is 1. The average molecular weight is 229 g/mol. The summed E-state index contributed by atoms with van der Waals surface area (Å²) in [5.41, 5.74) is 7.48. The summed E-state index contributed by atoms with van der Waals surface area (Å²) in [5, 5.41) is 2.09. The molecular weight excluding hydrogens is 214 g/mol. The van der Waals surface area contributed by atoms with Crippen LogP contribution in [0.3, 0.4) is 0 Å². The lowest BCUT2D eigenvalue weighted by molar-refractivity contribution is 0.0601. The molecule has 1 atom stereocenters. The molecule has 0 aliphatic carbocycles. The molecule has 2 aromatic rings. The van der Waals surface area contributed by atoms with Crippen LogP contribution in [0, 0.1) is 0 Å². The number of fused-ring (bicyclic) bond motifs is 1. The molecule has 0 aliphatic heterocycles. The molecule has 0 aromatic heterocycles. The Kier molecular flexibility index (Phi) is 3.11. The fraction of sp³-hybridized carbons (Fsp3) is 0.214. The molecule has 0 aliphatic rings. The lowest BCUT2D eigenvalue weighted by Gasteiger charge is -2.07. The van der Waals surface area contributed by atoms with Gasteiger partial charge in [-0.1, -0.05) is 18.2 Å². The van der Waals surface area contributed by atoms with Gasteiger partial charge in [-0.05, 0) is 41.5 Å².